The molecule has 0 bridgehead atoms. The number of ether oxygens (including phenoxy) is 3. The number of hydrogen-bond acceptors (Lipinski definition) is 11. The number of alkyl halides is 3. The van der Waals surface area contributed by atoms with Crippen LogP contribution >= 0.6 is 0 Å². The number of halogens is 3. The summed E-state index contributed by atoms with van der Waals surface area (Å²) in [5.41, 5.74) is -0.379. The number of anilines is 1. The molecule has 0 aromatic carbocycles. The maximum atomic E-state index is 17.3. The molecule has 266 valence electrons. The fourth-order valence-corrected chi connectivity index (χ4v) is 6.55. The Morgan fingerprint density at radius 3 is 2.52 bits per heavy atom. The van der Waals surface area contributed by atoms with Crippen molar-refractivity contribution >= 4 is 29.7 Å². The highest BCUT2D eigenvalue weighted by molar-refractivity contribution is 5.79. The maximum Gasteiger partial charge on any atom is 0.410 e. The molecule has 15 nitrogen and oxygen atoms in total. The highest BCUT2D eigenvalue weighted by Gasteiger charge is 2.48. The average Bonchev–Trinajstić information content (AvgIpc) is 3.91. The summed E-state index contributed by atoms with van der Waals surface area (Å²) in [7, 11) is 2.53. The molecule has 2 amide bonds. The van der Waals surface area contributed by atoms with E-state index in [4.69, 9.17) is 14.2 Å². The molecule has 3 aliphatic heterocycles. The fourth-order valence-electron chi connectivity index (χ4n) is 6.55. The first-order valence-corrected chi connectivity index (χ1v) is 15.8. The first-order chi connectivity index (χ1) is 23.9. The zero-order chi connectivity index (χ0) is 35.7. The number of carboxylic acids is 1. The second-order valence-electron chi connectivity index (χ2n) is 12.3. The Morgan fingerprint density at radius 2 is 1.86 bits per heavy atom. The van der Waals surface area contributed by atoms with Gasteiger partial charge in [-0.15, -0.1) is 0 Å². The van der Waals surface area contributed by atoms with Crippen molar-refractivity contribution in [1.29, 1.82) is 0 Å². The summed E-state index contributed by atoms with van der Waals surface area (Å²) in [6.45, 7) is 2.07. The lowest BCUT2D eigenvalue weighted by molar-refractivity contribution is -0.138. The normalized spacial score (nSPS) is 23.6. The predicted molar refractivity (Wildman–Crippen MR) is 169 cm³/mol. The second-order valence-corrected chi connectivity index (χ2v) is 12.3. The molecular formula is C32H35F3N8O7. The molecule has 2 N–H and O–H groups in total. The van der Waals surface area contributed by atoms with Crippen molar-refractivity contribution in [2.75, 3.05) is 51.8 Å². The number of piperidine rings is 1. The van der Waals surface area contributed by atoms with Crippen LogP contribution in [0.2, 0.25) is 0 Å². The molecule has 2 saturated heterocycles. The number of methoxy groups -OCH3 is 2. The van der Waals surface area contributed by atoms with Crippen LogP contribution in [0.1, 0.15) is 43.1 Å². The highest BCUT2D eigenvalue weighted by Crippen LogP contribution is 2.46. The van der Waals surface area contributed by atoms with E-state index in [1.54, 1.807) is 31.3 Å². The van der Waals surface area contributed by atoms with Gasteiger partial charge in [0.15, 0.2) is 5.82 Å². The van der Waals surface area contributed by atoms with Crippen molar-refractivity contribution in [2.45, 2.75) is 44.0 Å². The number of nitrogens with zero attached hydrogens (tertiary/aromatic N) is 7. The Morgan fingerprint density at radius 1 is 1.10 bits per heavy atom. The fraction of sp³-hybridized carbons (Fsp3) is 0.469. The number of aromatic nitrogens is 5. The summed E-state index contributed by atoms with van der Waals surface area (Å²) in [5.74, 6) is -3.31. The lowest BCUT2D eigenvalue weighted by Crippen LogP contribution is -2.49. The number of pyridine rings is 1. The van der Waals surface area contributed by atoms with Gasteiger partial charge in [-0.3, -0.25) is 0 Å². The van der Waals surface area contributed by atoms with Gasteiger partial charge in [0.1, 0.15) is 17.8 Å². The first-order valence-electron chi connectivity index (χ1n) is 15.8. The van der Waals surface area contributed by atoms with Crippen LogP contribution < -0.4 is 9.64 Å². The number of H-pyrrole nitrogens is 1. The summed E-state index contributed by atoms with van der Waals surface area (Å²) in [4.78, 5) is 60.3. The molecule has 2 fully saturated rings. The molecule has 4 atom stereocenters. The predicted octanol–water partition coefficient (Wildman–Crippen LogP) is 4.05. The standard InChI is InChI=1S/C32H35F3N8O7/c1-17-14-42(31(47)49-3)10-7-32(17,35)21-11-19(18-6-9-41(15-18)30(46)48-2)13-37-27(21)50-20-12-23(28(44)45)43(16-20)29-39-25(22-5-4-8-36-22)38-26(40-29)24(33)34/h4-6,8,11,13,17,20,23-24,36H,7,9-10,12,14-16H2,1-3H3,(H,44,45)/t17-,20-,23-,32+/m0/s1. The topological polar surface area (TPSA) is 176 Å². The quantitative estimate of drug-likeness (QED) is 0.345. The SMILES string of the molecule is COC(=O)N1CC=C(c2cnc(O[C@H]3C[C@@H](C(=O)O)N(c4nc(-c5ccc[nH]5)nc(C(F)F)n4)C3)c([C@@]3(F)CCN(C(=O)OC)C[C@@H]3C)c2)C1. The number of aliphatic carboxylic acids is 1. The number of carbonyl (C=O) groups is 3. The van der Waals surface area contributed by atoms with Crippen molar-refractivity contribution in [3.05, 3.63) is 53.6 Å². The Hall–Kier alpha value is -5.42. The number of rotatable bonds is 8. The lowest BCUT2D eigenvalue weighted by atomic mass is 9.78. The molecule has 3 aliphatic rings. The van der Waals surface area contributed by atoms with Gasteiger partial charge in [0.25, 0.3) is 6.43 Å². The van der Waals surface area contributed by atoms with Crippen LogP contribution in [0.25, 0.3) is 17.1 Å². The minimum atomic E-state index is -3.06. The largest absolute Gasteiger partial charge is 0.480 e. The van der Waals surface area contributed by atoms with E-state index in [1.165, 1.54) is 35.1 Å². The lowest BCUT2D eigenvalue weighted by Gasteiger charge is -2.41. The molecule has 0 radical (unpaired) electrons. The van der Waals surface area contributed by atoms with Gasteiger partial charge >= 0.3 is 18.2 Å². The van der Waals surface area contributed by atoms with Crippen LogP contribution in [0.5, 0.6) is 5.88 Å². The smallest absolute Gasteiger partial charge is 0.410 e. The summed E-state index contributed by atoms with van der Waals surface area (Å²) < 4.78 is 61.0. The molecule has 0 saturated carbocycles. The van der Waals surface area contributed by atoms with Gasteiger partial charge in [-0.05, 0) is 29.3 Å². The van der Waals surface area contributed by atoms with E-state index in [9.17, 15) is 28.3 Å². The number of carbonyl (C=O) groups excluding carboxylic acids is 2. The Labute approximate surface area is 284 Å². The van der Waals surface area contributed by atoms with Gasteiger partial charge in [0.05, 0.1) is 32.0 Å². The van der Waals surface area contributed by atoms with Gasteiger partial charge in [-0.25, -0.2) is 37.5 Å². The van der Waals surface area contributed by atoms with E-state index in [1.807, 2.05) is 6.08 Å². The number of amides is 2. The van der Waals surface area contributed by atoms with E-state index >= 15 is 4.39 Å². The van der Waals surface area contributed by atoms with Gasteiger partial charge in [0.2, 0.25) is 17.7 Å². The van der Waals surface area contributed by atoms with Crippen LogP contribution in [-0.2, 0) is 19.9 Å². The summed E-state index contributed by atoms with van der Waals surface area (Å²) in [6.07, 6.45) is -0.457. The second kappa shape index (κ2) is 13.8. The van der Waals surface area contributed by atoms with Crippen LogP contribution in [0.15, 0.2) is 36.7 Å². The molecule has 50 heavy (non-hydrogen) atoms. The van der Waals surface area contributed by atoms with Crippen LogP contribution in [0.3, 0.4) is 0 Å². The number of likely N-dealkylation sites (tertiary alicyclic amines) is 1. The van der Waals surface area contributed by atoms with E-state index in [0.717, 1.165) is 0 Å². The Kier molecular flexibility index (Phi) is 9.53. The van der Waals surface area contributed by atoms with Crippen LogP contribution in [0, 0.1) is 5.92 Å². The Balaban J connectivity index is 1.33. The highest BCUT2D eigenvalue weighted by atomic mass is 19.3. The van der Waals surface area contributed by atoms with Gasteiger partial charge in [-0.1, -0.05) is 13.0 Å². The molecule has 6 heterocycles. The van der Waals surface area contributed by atoms with Crippen molar-refractivity contribution in [1.82, 2.24) is 34.7 Å². The van der Waals surface area contributed by atoms with E-state index < -0.39 is 54.1 Å². The summed E-state index contributed by atoms with van der Waals surface area (Å²) >= 11 is 0. The van der Waals surface area contributed by atoms with E-state index in [0.29, 0.717) is 16.8 Å². The van der Waals surface area contributed by atoms with Crippen LogP contribution in [-0.4, -0.2) is 117 Å². The van der Waals surface area contributed by atoms with Crippen molar-refractivity contribution in [3.8, 4) is 17.4 Å². The first kappa shape index (κ1) is 34.4. The van der Waals surface area contributed by atoms with Crippen LogP contribution in [0.4, 0.5) is 28.7 Å². The minimum absolute atomic E-state index is 0.0406. The molecule has 3 aromatic heterocycles. The zero-order valence-corrected chi connectivity index (χ0v) is 27.4. The number of hydrogen-bond donors (Lipinski definition) is 2. The third kappa shape index (κ3) is 6.60. The molecular weight excluding hydrogens is 665 g/mol. The third-order valence-electron chi connectivity index (χ3n) is 9.23. The minimum Gasteiger partial charge on any atom is -0.480 e. The van der Waals surface area contributed by atoms with Gasteiger partial charge in [0, 0.05) is 57.3 Å². The molecule has 3 aromatic rings. The average molecular weight is 701 g/mol. The zero-order valence-electron chi connectivity index (χ0n) is 27.4. The summed E-state index contributed by atoms with van der Waals surface area (Å²) in [6, 6.07) is 3.53. The molecule has 0 aliphatic carbocycles. The van der Waals surface area contributed by atoms with Gasteiger partial charge < -0.3 is 39.0 Å². The molecule has 0 unspecified atom stereocenters. The Bertz CT molecular complexity index is 1790. The van der Waals surface area contributed by atoms with Crippen molar-refractivity contribution in [3.63, 3.8) is 0 Å². The van der Waals surface area contributed by atoms with Gasteiger partial charge in [-0.2, -0.15) is 9.97 Å². The van der Waals surface area contributed by atoms with Crippen molar-refractivity contribution < 1.29 is 46.9 Å². The summed E-state index contributed by atoms with van der Waals surface area (Å²) in [5, 5.41) is 10.1. The molecule has 6 rings (SSSR count). The maximum absolute atomic E-state index is 17.3. The monoisotopic (exact) mass is 700 g/mol. The number of carboxylic acid groups (broad SMARTS) is 1. The molecule has 0 spiro atoms. The van der Waals surface area contributed by atoms with E-state index in [2.05, 4.69) is 24.9 Å². The molecule has 18 heteroatoms. The number of aromatic amines is 1. The number of nitrogens with one attached hydrogen (secondary N) is 1. The van der Waals surface area contributed by atoms with E-state index in [-0.39, 0.29) is 68.8 Å². The van der Waals surface area contributed by atoms with Crippen molar-refractivity contribution in [2.24, 2.45) is 5.92 Å². The third-order valence-corrected chi connectivity index (χ3v) is 9.23.